The number of nitrogens with zero attached hydrogens (tertiary/aromatic N) is 1. The van der Waals surface area contributed by atoms with Crippen LogP contribution in [0.15, 0.2) is 18.2 Å². The molecule has 0 aliphatic carbocycles. The molecule has 0 spiro atoms. The van der Waals surface area contributed by atoms with Gasteiger partial charge >= 0.3 is 0 Å². The molecule has 1 saturated heterocycles. The average molecular weight is 260 g/mol. The Bertz CT molecular complexity index is 448. The Morgan fingerprint density at radius 3 is 2.68 bits per heavy atom. The summed E-state index contributed by atoms with van der Waals surface area (Å²) in [6.07, 6.45) is 3.07. The highest BCUT2D eigenvalue weighted by Crippen LogP contribution is 2.13. The number of carbonyl (C=O) groups is 1. The van der Waals surface area contributed by atoms with Crippen molar-refractivity contribution in [3.05, 3.63) is 34.9 Å². The highest BCUT2D eigenvalue weighted by molar-refractivity contribution is 5.94. The molecule has 1 aromatic rings. The summed E-state index contributed by atoms with van der Waals surface area (Å²) in [5.41, 5.74) is 3.32. The molecule has 1 aromatic carbocycles. The van der Waals surface area contributed by atoms with Crippen LogP contribution >= 0.6 is 0 Å². The molecular formula is C16H24N2O. The molecule has 0 saturated carbocycles. The van der Waals surface area contributed by atoms with Crippen molar-refractivity contribution in [3.63, 3.8) is 0 Å². The normalized spacial score (nSPS) is 17.4. The number of aryl methyl sites for hydroxylation is 2. The highest BCUT2D eigenvalue weighted by Gasteiger charge is 2.19. The monoisotopic (exact) mass is 260 g/mol. The molecule has 3 heteroatoms. The highest BCUT2D eigenvalue weighted by atomic mass is 16.1. The van der Waals surface area contributed by atoms with E-state index < -0.39 is 0 Å². The number of rotatable bonds is 3. The number of amides is 1. The summed E-state index contributed by atoms with van der Waals surface area (Å²) in [4.78, 5) is 14.6. The molecule has 0 unspecified atom stereocenters. The van der Waals surface area contributed by atoms with Gasteiger partial charge in [0.2, 0.25) is 0 Å². The molecule has 0 bridgehead atoms. The Morgan fingerprint density at radius 2 is 2.05 bits per heavy atom. The zero-order valence-electron chi connectivity index (χ0n) is 12.2. The van der Waals surface area contributed by atoms with Crippen molar-refractivity contribution in [2.24, 2.45) is 0 Å². The fraction of sp³-hybridized carbons (Fsp3) is 0.562. The Labute approximate surface area is 116 Å². The first-order chi connectivity index (χ1) is 9.10. The van der Waals surface area contributed by atoms with Crippen LogP contribution in [-0.4, -0.2) is 37.0 Å². The van der Waals surface area contributed by atoms with E-state index in [1.807, 2.05) is 18.2 Å². The van der Waals surface area contributed by atoms with Gasteiger partial charge in [0.25, 0.3) is 5.91 Å². The van der Waals surface area contributed by atoms with E-state index in [9.17, 15) is 4.79 Å². The molecule has 2 rings (SSSR count). The molecule has 0 radical (unpaired) electrons. The van der Waals surface area contributed by atoms with E-state index in [-0.39, 0.29) is 5.91 Å². The Kier molecular flexibility index (Phi) is 4.59. The number of hydrogen-bond acceptors (Lipinski definition) is 2. The Morgan fingerprint density at radius 1 is 1.37 bits per heavy atom. The molecule has 1 N–H and O–H groups in total. The third-order valence-electron chi connectivity index (χ3n) is 4.05. The van der Waals surface area contributed by atoms with Crippen molar-refractivity contribution in [3.8, 4) is 0 Å². The Hall–Kier alpha value is -1.35. The van der Waals surface area contributed by atoms with E-state index in [0.717, 1.165) is 37.9 Å². The van der Waals surface area contributed by atoms with Crippen LogP contribution < -0.4 is 5.32 Å². The second-order valence-electron chi connectivity index (χ2n) is 5.55. The van der Waals surface area contributed by atoms with Crippen molar-refractivity contribution in [2.45, 2.75) is 39.2 Å². The maximum Gasteiger partial charge on any atom is 0.251 e. The summed E-state index contributed by atoms with van der Waals surface area (Å²) in [6.45, 7) is 6.36. The van der Waals surface area contributed by atoms with Gasteiger partial charge in [-0.15, -0.1) is 0 Å². The maximum absolute atomic E-state index is 12.2. The molecule has 1 heterocycles. The first-order valence-electron chi connectivity index (χ1n) is 7.19. The van der Waals surface area contributed by atoms with E-state index in [2.05, 4.69) is 31.1 Å². The van der Waals surface area contributed by atoms with E-state index in [0.29, 0.717) is 6.04 Å². The fourth-order valence-corrected chi connectivity index (χ4v) is 2.62. The first kappa shape index (κ1) is 14.1. The third kappa shape index (κ3) is 3.57. The molecule has 0 aromatic heterocycles. The largest absolute Gasteiger partial charge is 0.349 e. The summed E-state index contributed by atoms with van der Waals surface area (Å²) in [5, 5.41) is 3.16. The van der Waals surface area contributed by atoms with Crippen LogP contribution in [0.2, 0.25) is 0 Å². The third-order valence-corrected chi connectivity index (χ3v) is 4.05. The topological polar surface area (TPSA) is 32.3 Å². The zero-order chi connectivity index (χ0) is 13.8. The van der Waals surface area contributed by atoms with Crippen LogP contribution in [0.3, 0.4) is 0 Å². The number of benzene rings is 1. The van der Waals surface area contributed by atoms with Crippen molar-refractivity contribution in [1.29, 1.82) is 0 Å². The molecular weight excluding hydrogens is 236 g/mol. The van der Waals surface area contributed by atoms with Crippen LogP contribution in [0.25, 0.3) is 0 Å². The SMILES string of the molecule is CCc1cc(C(=O)NC2CCN(C)CC2)ccc1C. The van der Waals surface area contributed by atoms with Gasteiger partial charge in [0.15, 0.2) is 0 Å². The van der Waals surface area contributed by atoms with E-state index in [1.165, 1.54) is 11.1 Å². The standard InChI is InChI=1S/C16H24N2O/c1-4-13-11-14(6-5-12(13)2)16(19)17-15-7-9-18(3)10-8-15/h5-6,11,15H,4,7-10H2,1-3H3,(H,17,19). The van der Waals surface area contributed by atoms with Crippen LogP contribution in [0, 0.1) is 6.92 Å². The first-order valence-corrected chi connectivity index (χ1v) is 7.19. The minimum absolute atomic E-state index is 0.0734. The van der Waals surface area contributed by atoms with Gasteiger partial charge < -0.3 is 10.2 Å². The molecule has 19 heavy (non-hydrogen) atoms. The van der Waals surface area contributed by atoms with Gasteiger partial charge in [0.1, 0.15) is 0 Å². The van der Waals surface area contributed by atoms with Gasteiger partial charge in [-0.3, -0.25) is 4.79 Å². The van der Waals surface area contributed by atoms with Gasteiger partial charge in [0, 0.05) is 11.6 Å². The van der Waals surface area contributed by atoms with Crippen molar-refractivity contribution >= 4 is 5.91 Å². The van der Waals surface area contributed by atoms with Crippen molar-refractivity contribution < 1.29 is 4.79 Å². The minimum atomic E-state index is 0.0734. The van der Waals surface area contributed by atoms with E-state index in [1.54, 1.807) is 0 Å². The summed E-state index contributed by atoms with van der Waals surface area (Å²) in [7, 11) is 2.13. The molecule has 1 amide bonds. The zero-order valence-corrected chi connectivity index (χ0v) is 12.2. The van der Waals surface area contributed by atoms with E-state index >= 15 is 0 Å². The molecule has 1 fully saturated rings. The molecule has 1 aliphatic rings. The second-order valence-corrected chi connectivity index (χ2v) is 5.55. The molecule has 104 valence electrons. The van der Waals surface area contributed by atoms with Crippen LogP contribution in [0.1, 0.15) is 41.3 Å². The van der Waals surface area contributed by atoms with Crippen LogP contribution in [0.5, 0.6) is 0 Å². The molecule has 1 aliphatic heterocycles. The van der Waals surface area contributed by atoms with Gasteiger partial charge in [-0.2, -0.15) is 0 Å². The number of likely N-dealkylation sites (tertiary alicyclic amines) is 1. The second kappa shape index (κ2) is 6.20. The number of nitrogens with one attached hydrogen (secondary N) is 1. The predicted octanol–water partition coefficient (Wildman–Crippen LogP) is 2.38. The van der Waals surface area contributed by atoms with Gasteiger partial charge in [0.05, 0.1) is 0 Å². The van der Waals surface area contributed by atoms with Crippen LogP contribution in [0.4, 0.5) is 0 Å². The minimum Gasteiger partial charge on any atom is -0.349 e. The molecule has 3 nitrogen and oxygen atoms in total. The lowest BCUT2D eigenvalue weighted by molar-refractivity contribution is 0.0917. The number of carbonyl (C=O) groups excluding carboxylic acids is 1. The lowest BCUT2D eigenvalue weighted by Crippen LogP contribution is -2.43. The predicted molar refractivity (Wildman–Crippen MR) is 78.5 cm³/mol. The lowest BCUT2D eigenvalue weighted by Gasteiger charge is -2.29. The summed E-state index contributed by atoms with van der Waals surface area (Å²) in [5.74, 6) is 0.0734. The van der Waals surface area contributed by atoms with Crippen molar-refractivity contribution in [2.75, 3.05) is 20.1 Å². The quantitative estimate of drug-likeness (QED) is 0.905. The van der Waals surface area contributed by atoms with Gasteiger partial charge in [-0.25, -0.2) is 0 Å². The van der Waals surface area contributed by atoms with Gasteiger partial charge in [-0.05, 0) is 69.6 Å². The average Bonchev–Trinajstić information content (AvgIpc) is 2.42. The van der Waals surface area contributed by atoms with Crippen LogP contribution in [-0.2, 0) is 6.42 Å². The maximum atomic E-state index is 12.2. The lowest BCUT2D eigenvalue weighted by atomic mass is 10.0. The summed E-state index contributed by atoms with van der Waals surface area (Å²) < 4.78 is 0. The number of hydrogen-bond donors (Lipinski definition) is 1. The molecule has 0 atom stereocenters. The fourth-order valence-electron chi connectivity index (χ4n) is 2.62. The number of piperidine rings is 1. The Balaban J connectivity index is 2.00. The van der Waals surface area contributed by atoms with Crippen molar-refractivity contribution in [1.82, 2.24) is 10.2 Å². The summed E-state index contributed by atoms with van der Waals surface area (Å²) in [6, 6.07) is 6.33. The summed E-state index contributed by atoms with van der Waals surface area (Å²) >= 11 is 0. The van der Waals surface area contributed by atoms with E-state index in [4.69, 9.17) is 0 Å². The smallest absolute Gasteiger partial charge is 0.251 e. The van der Waals surface area contributed by atoms with Gasteiger partial charge in [-0.1, -0.05) is 13.0 Å².